The van der Waals surface area contributed by atoms with E-state index < -0.39 is 5.97 Å². The number of thioether (sulfide) groups is 1. The van der Waals surface area contributed by atoms with Gasteiger partial charge in [-0.15, -0.1) is 0 Å². The van der Waals surface area contributed by atoms with Crippen LogP contribution in [0.2, 0.25) is 0 Å². The van der Waals surface area contributed by atoms with Crippen molar-refractivity contribution >= 4 is 40.4 Å². The molecule has 1 amide bonds. The van der Waals surface area contributed by atoms with E-state index in [1.54, 1.807) is 23.9 Å². The highest BCUT2D eigenvalue weighted by Gasteiger charge is 2.21. The molecule has 0 radical (unpaired) electrons. The standard InChI is InChI=1S/C30H40N4O4S/c1-20(2)22-9-6-10-23(21(3)4)27(22)32-26(35)19-34-16-14-33(15-17-34)13-8-18-39-30-31-25-12-7-11-24(28(25)38-30)29(36)37-5/h6-7,9-12,20-21H,8,13-19H2,1-5H3,(H,32,35). The number of para-hydroxylation sites is 2. The van der Waals surface area contributed by atoms with E-state index >= 15 is 0 Å². The van der Waals surface area contributed by atoms with Gasteiger partial charge >= 0.3 is 5.97 Å². The number of nitrogens with zero attached hydrogens (tertiary/aromatic N) is 3. The first-order valence-electron chi connectivity index (χ1n) is 13.7. The molecule has 39 heavy (non-hydrogen) atoms. The number of methoxy groups -OCH3 is 1. The fourth-order valence-corrected chi connectivity index (χ4v) is 5.71. The van der Waals surface area contributed by atoms with Crippen molar-refractivity contribution in [3.63, 3.8) is 0 Å². The lowest BCUT2D eigenvalue weighted by atomic mass is 9.92. The number of carbonyl (C=O) groups excluding carboxylic acids is 2. The van der Waals surface area contributed by atoms with Gasteiger partial charge < -0.3 is 19.4 Å². The van der Waals surface area contributed by atoms with Gasteiger partial charge in [-0.2, -0.15) is 0 Å². The molecule has 0 spiro atoms. The van der Waals surface area contributed by atoms with Crippen molar-refractivity contribution in [2.45, 2.75) is 51.2 Å². The number of rotatable bonds is 11. The molecule has 0 atom stereocenters. The maximum Gasteiger partial charge on any atom is 0.341 e. The molecular formula is C30H40N4O4S. The second-order valence-electron chi connectivity index (χ2n) is 10.6. The highest BCUT2D eigenvalue weighted by atomic mass is 32.2. The number of hydrogen-bond donors (Lipinski definition) is 1. The maximum atomic E-state index is 13.0. The van der Waals surface area contributed by atoms with E-state index in [-0.39, 0.29) is 5.91 Å². The van der Waals surface area contributed by atoms with E-state index in [1.807, 2.05) is 6.07 Å². The minimum absolute atomic E-state index is 0.0588. The summed E-state index contributed by atoms with van der Waals surface area (Å²) >= 11 is 1.56. The van der Waals surface area contributed by atoms with Crippen molar-refractivity contribution in [2.24, 2.45) is 0 Å². The molecule has 1 aliphatic rings. The smallest absolute Gasteiger partial charge is 0.341 e. The van der Waals surface area contributed by atoms with Gasteiger partial charge in [-0.05, 0) is 48.1 Å². The number of ether oxygens (including phenoxy) is 1. The number of benzene rings is 2. The third kappa shape index (κ3) is 7.41. The number of anilines is 1. The Labute approximate surface area is 235 Å². The van der Waals surface area contributed by atoms with E-state index in [2.05, 4.69) is 66.0 Å². The Kier molecular flexibility index (Phi) is 10.0. The van der Waals surface area contributed by atoms with Gasteiger partial charge in [-0.3, -0.25) is 9.69 Å². The topological polar surface area (TPSA) is 87.9 Å². The molecule has 4 rings (SSSR count). The molecule has 8 nitrogen and oxygen atoms in total. The third-order valence-electron chi connectivity index (χ3n) is 7.11. The molecule has 2 heterocycles. The Morgan fingerprint density at radius 1 is 1.00 bits per heavy atom. The predicted octanol–water partition coefficient (Wildman–Crippen LogP) is 5.60. The number of esters is 1. The number of carbonyl (C=O) groups is 2. The van der Waals surface area contributed by atoms with Gasteiger partial charge in [0.25, 0.3) is 5.22 Å². The molecule has 3 aromatic rings. The van der Waals surface area contributed by atoms with Crippen LogP contribution in [-0.2, 0) is 9.53 Å². The molecule has 1 N–H and O–H groups in total. The van der Waals surface area contributed by atoms with E-state index in [1.165, 1.54) is 18.2 Å². The number of hydrogen-bond acceptors (Lipinski definition) is 8. The van der Waals surface area contributed by atoms with Gasteiger partial charge in [0.15, 0.2) is 5.58 Å². The molecule has 1 aliphatic heterocycles. The SMILES string of the molecule is COC(=O)c1cccc2nc(SCCCN3CCN(CC(=O)Nc4c(C(C)C)cccc4C(C)C)CC3)oc12. The van der Waals surface area contributed by atoms with Crippen LogP contribution in [0.3, 0.4) is 0 Å². The largest absolute Gasteiger partial charge is 0.465 e. The van der Waals surface area contributed by atoms with Crippen molar-refractivity contribution in [1.82, 2.24) is 14.8 Å². The number of nitrogens with one attached hydrogen (secondary N) is 1. The second-order valence-corrected chi connectivity index (χ2v) is 11.7. The minimum Gasteiger partial charge on any atom is -0.465 e. The van der Waals surface area contributed by atoms with Crippen LogP contribution in [0.1, 0.15) is 67.4 Å². The van der Waals surface area contributed by atoms with Crippen LogP contribution in [0.4, 0.5) is 5.69 Å². The number of oxazole rings is 1. The van der Waals surface area contributed by atoms with Gasteiger partial charge in [0, 0.05) is 37.6 Å². The number of amides is 1. The van der Waals surface area contributed by atoms with Crippen molar-refractivity contribution < 1.29 is 18.7 Å². The third-order valence-corrected chi connectivity index (χ3v) is 8.03. The van der Waals surface area contributed by atoms with Crippen molar-refractivity contribution in [3.8, 4) is 0 Å². The molecule has 9 heteroatoms. The Balaban J connectivity index is 1.20. The van der Waals surface area contributed by atoms with Gasteiger partial charge in [-0.25, -0.2) is 9.78 Å². The van der Waals surface area contributed by atoms with Crippen LogP contribution in [0.5, 0.6) is 0 Å². The van der Waals surface area contributed by atoms with E-state index in [0.717, 1.165) is 50.6 Å². The fourth-order valence-electron chi connectivity index (χ4n) is 4.96. The first-order chi connectivity index (χ1) is 18.8. The summed E-state index contributed by atoms with van der Waals surface area (Å²) in [5.41, 5.74) is 4.90. The average molecular weight is 553 g/mol. The minimum atomic E-state index is -0.425. The highest BCUT2D eigenvalue weighted by Crippen LogP contribution is 2.32. The Morgan fingerprint density at radius 2 is 1.64 bits per heavy atom. The zero-order chi connectivity index (χ0) is 27.9. The van der Waals surface area contributed by atoms with Gasteiger partial charge in [0.2, 0.25) is 5.91 Å². The van der Waals surface area contributed by atoms with Gasteiger partial charge in [0.05, 0.1) is 13.7 Å². The fraction of sp³-hybridized carbons (Fsp3) is 0.500. The van der Waals surface area contributed by atoms with E-state index in [4.69, 9.17) is 9.15 Å². The monoisotopic (exact) mass is 552 g/mol. The lowest BCUT2D eigenvalue weighted by Gasteiger charge is -2.34. The maximum absolute atomic E-state index is 13.0. The molecular weight excluding hydrogens is 512 g/mol. The van der Waals surface area contributed by atoms with Crippen LogP contribution >= 0.6 is 11.8 Å². The van der Waals surface area contributed by atoms with Crippen LogP contribution < -0.4 is 5.32 Å². The molecule has 210 valence electrons. The summed E-state index contributed by atoms with van der Waals surface area (Å²) < 4.78 is 10.7. The first kappa shape index (κ1) is 29.1. The second kappa shape index (κ2) is 13.5. The van der Waals surface area contributed by atoms with Crippen LogP contribution in [0, 0.1) is 0 Å². The summed E-state index contributed by atoms with van der Waals surface area (Å²) in [6.45, 7) is 13.7. The summed E-state index contributed by atoms with van der Waals surface area (Å²) in [6, 6.07) is 11.6. The summed E-state index contributed by atoms with van der Waals surface area (Å²) in [7, 11) is 1.36. The van der Waals surface area contributed by atoms with E-state index in [9.17, 15) is 9.59 Å². The summed E-state index contributed by atoms with van der Waals surface area (Å²) in [6.07, 6.45) is 0.998. The average Bonchev–Trinajstić information content (AvgIpc) is 3.34. The summed E-state index contributed by atoms with van der Waals surface area (Å²) in [5.74, 6) is 1.20. The lowest BCUT2D eigenvalue weighted by molar-refractivity contribution is -0.117. The highest BCUT2D eigenvalue weighted by molar-refractivity contribution is 7.99. The number of piperazine rings is 1. The predicted molar refractivity (Wildman–Crippen MR) is 157 cm³/mol. The van der Waals surface area contributed by atoms with Gasteiger partial charge in [0.1, 0.15) is 11.1 Å². The Morgan fingerprint density at radius 3 is 2.28 bits per heavy atom. The molecule has 0 unspecified atom stereocenters. The summed E-state index contributed by atoms with van der Waals surface area (Å²) in [4.78, 5) is 34.1. The zero-order valence-corrected chi connectivity index (χ0v) is 24.5. The molecule has 2 aromatic carbocycles. The van der Waals surface area contributed by atoms with Crippen LogP contribution in [0.15, 0.2) is 46.0 Å². The quantitative estimate of drug-likeness (QED) is 0.187. The molecule has 0 bridgehead atoms. The lowest BCUT2D eigenvalue weighted by Crippen LogP contribution is -2.48. The number of aromatic nitrogens is 1. The van der Waals surface area contributed by atoms with Gasteiger partial charge in [-0.1, -0.05) is 63.7 Å². The van der Waals surface area contributed by atoms with Crippen molar-refractivity contribution in [2.75, 3.05) is 57.4 Å². The Hall–Kier alpha value is -2.88. The van der Waals surface area contributed by atoms with Crippen LogP contribution in [-0.4, -0.2) is 78.8 Å². The van der Waals surface area contributed by atoms with Crippen molar-refractivity contribution in [1.29, 1.82) is 0 Å². The number of fused-ring (bicyclic) bond motifs is 1. The Bertz CT molecular complexity index is 1250. The zero-order valence-electron chi connectivity index (χ0n) is 23.7. The molecule has 1 fully saturated rings. The molecule has 0 saturated carbocycles. The first-order valence-corrected chi connectivity index (χ1v) is 14.7. The summed E-state index contributed by atoms with van der Waals surface area (Å²) in [5, 5.41) is 3.81. The molecule has 1 aromatic heterocycles. The van der Waals surface area contributed by atoms with Crippen molar-refractivity contribution in [3.05, 3.63) is 53.1 Å². The normalized spacial score (nSPS) is 14.8. The molecule has 0 aliphatic carbocycles. The van der Waals surface area contributed by atoms with E-state index in [0.29, 0.717) is 40.3 Å². The molecule has 1 saturated heterocycles. The van der Waals surface area contributed by atoms with Crippen LogP contribution in [0.25, 0.3) is 11.1 Å².